The van der Waals surface area contributed by atoms with Crippen LogP contribution in [0.3, 0.4) is 0 Å². The van der Waals surface area contributed by atoms with Gasteiger partial charge in [-0.2, -0.15) is 0 Å². The molecule has 0 N–H and O–H groups in total. The number of hydrogen-bond acceptors (Lipinski definition) is 4. The lowest BCUT2D eigenvalue weighted by atomic mass is 10.3. The standard InChI is InChI=1S/C10H14O4/c1-5-7(3)9(11)13-14-10(12)8(4)6-2/h5-6H,1-4H3. The molecule has 0 heterocycles. The monoisotopic (exact) mass is 198 g/mol. The third-order valence-electron chi connectivity index (χ3n) is 1.70. The molecule has 4 nitrogen and oxygen atoms in total. The minimum absolute atomic E-state index is 0.385. The normalized spacial score (nSPS) is 12.3. The second-order valence-electron chi connectivity index (χ2n) is 2.68. The van der Waals surface area contributed by atoms with Crippen molar-refractivity contribution in [2.24, 2.45) is 0 Å². The van der Waals surface area contributed by atoms with Gasteiger partial charge in [-0.3, -0.25) is 0 Å². The molecule has 0 aliphatic carbocycles. The van der Waals surface area contributed by atoms with Crippen LogP contribution < -0.4 is 0 Å². The Balaban J connectivity index is 4.09. The molecule has 0 aromatic rings. The zero-order chi connectivity index (χ0) is 11.1. The van der Waals surface area contributed by atoms with Gasteiger partial charge < -0.3 is 0 Å². The van der Waals surface area contributed by atoms with E-state index < -0.39 is 11.9 Å². The molecule has 0 atom stereocenters. The van der Waals surface area contributed by atoms with Crippen LogP contribution >= 0.6 is 0 Å². The van der Waals surface area contributed by atoms with Crippen LogP contribution in [0.4, 0.5) is 0 Å². The average Bonchev–Trinajstić information content (AvgIpc) is 2.22. The molecule has 0 unspecified atom stereocenters. The van der Waals surface area contributed by atoms with Crippen molar-refractivity contribution >= 4 is 11.9 Å². The molecule has 78 valence electrons. The number of hydrogen-bond donors (Lipinski definition) is 0. The van der Waals surface area contributed by atoms with Gasteiger partial charge in [-0.25, -0.2) is 19.4 Å². The van der Waals surface area contributed by atoms with E-state index >= 15 is 0 Å². The minimum Gasteiger partial charge on any atom is -0.242 e. The van der Waals surface area contributed by atoms with Crippen molar-refractivity contribution in [1.82, 2.24) is 0 Å². The zero-order valence-corrected chi connectivity index (χ0v) is 8.79. The fourth-order valence-corrected chi connectivity index (χ4v) is 0.443. The summed E-state index contributed by atoms with van der Waals surface area (Å²) >= 11 is 0. The fourth-order valence-electron chi connectivity index (χ4n) is 0.443. The first-order chi connectivity index (χ1) is 6.52. The molecule has 0 rings (SSSR count). The molecule has 14 heavy (non-hydrogen) atoms. The van der Waals surface area contributed by atoms with E-state index in [1.165, 1.54) is 0 Å². The molecule has 0 amide bonds. The van der Waals surface area contributed by atoms with Crippen molar-refractivity contribution in [1.29, 1.82) is 0 Å². The maximum atomic E-state index is 11.0. The lowest BCUT2D eigenvalue weighted by Gasteiger charge is -2.02. The average molecular weight is 198 g/mol. The predicted molar refractivity (Wildman–Crippen MR) is 51.0 cm³/mol. The number of carbonyl (C=O) groups is 2. The van der Waals surface area contributed by atoms with Crippen LogP contribution in [0, 0.1) is 0 Å². The Morgan fingerprint density at radius 2 is 1.14 bits per heavy atom. The highest BCUT2D eigenvalue weighted by atomic mass is 17.2. The Labute approximate surface area is 83.1 Å². The van der Waals surface area contributed by atoms with Crippen molar-refractivity contribution in [3.8, 4) is 0 Å². The van der Waals surface area contributed by atoms with Crippen LogP contribution in [-0.4, -0.2) is 11.9 Å². The molecule has 0 aromatic carbocycles. The van der Waals surface area contributed by atoms with Crippen molar-refractivity contribution < 1.29 is 19.4 Å². The van der Waals surface area contributed by atoms with Crippen LogP contribution in [0.2, 0.25) is 0 Å². The van der Waals surface area contributed by atoms with Gasteiger partial charge in [-0.05, 0) is 27.7 Å². The van der Waals surface area contributed by atoms with Gasteiger partial charge in [-0.1, -0.05) is 12.2 Å². The Kier molecular flexibility index (Phi) is 5.29. The van der Waals surface area contributed by atoms with Crippen LogP contribution in [0.25, 0.3) is 0 Å². The number of allylic oxidation sites excluding steroid dienone is 2. The number of rotatable bonds is 2. The molecule has 0 aromatic heterocycles. The maximum Gasteiger partial charge on any atom is 0.381 e. The first-order valence-corrected chi connectivity index (χ1v) is 4.22. The fraction of sp³-hybridized carbons (Fsp3) is 0.400. The van der Waals surface area contributed by atoms with E-state index in [9.17, 15) is 9.59 Å². The molecular formula is C10H14O4. The van der Waals surface area contributed by atoms with Crippen LogP contribution in [0.5, 0.6) is 0 Å². The summed E-state index contributed by atoms with van der Waals surface area (Å²) in [7, 11) is 0. The number of carbonyl (C=O) groups excluding carboxylic acids is 2. The topological polar surface area (TPSA) is 52.6 Å². The van der Waals surface area contributed by atoms with Gasteiger partial charge in [0.2, 0.25) is 0 Å². The SMILES string of the molecule is CC=C(C)C(=O)OOC(=O)C(C)=CC. The quantitative estimate of drug-likeness (QED) is 0.386. The van der Waals surface area contributed by atoms with E-state index in [0.717, 1.165) is 0 Å². The highest BCUT2D eigenvalue weighted by Gasteiger charge is 2.11. The third kappa shape index (κ3) is 3.89. The second-order valence-corrected chi connectivity index (χ2v) is 2.68. The van der Waals surface area contributed by atoms with E-state index in [-0.39, 0.29) is 0 Å². The van der Waals surface area contributed by atoms with E-state index in [2.05, 4.69) is 9.78 Å². The van der Waals surface area contributed by atoms with E-state index in [1.54, 1.807) is 39.8 Å². The van der Waals surface area contributed by atoms with E-state index in [0.29, 0.717) is 11.1 Å². The largest absolute Gasteiger partial charge is 0.381 e. The van der Waals surface area contributed by atoms with E-state index in [1.807, 2.05) is 0 Å². The molecule has 0 saturated carbocycles. The second kappa shape index (κ2) is 5.96. The first kappa shape index (κ1) is 12.4. The minimum atomic E-state index is -0.662. The van der Waals surface area contributed by atoms with Crippen LogP contribution in [0.1, 0.15) is 27.7 Å². The van der Waals surface area contributed by atoms with Gasteiger partial charge in [0.05, 0.1) is 0 Å². The third-order valence-corrected chi connectivity index (χ3v) is 1.70. The molecule has 0 radical (unpaired) electrons. The lowest BCUT2D eigenvalue weighted by molar-refractivity contribution is -0.252. The van der Waals surface area contributed by atoms with Gasteiger partial charge in [-0.15, -0.1) is 0 Å². The highest BCUT2D eigenvalue weighted by Crippen LogP contribution is 2.00. The summed E-state index contributed by atoms with van der Waals surface area (Å²) in [5.74, 6) is -1.32. The summed E-state index contributed by atoms with van der Waals surface area (Å²) in [5.41, 5.74) is 0.770. The molecule has 0 saturated heterocycles. The Morgan fingerprint density at radius 1 is 0.857 bits per heavy atom. The molecular weight excluding hydrogens is 184 g/mol. The molecule has 0 bridgehead atoms. The van der Waals surface area contributed by atoms with Gasteiger partial charge in [0.1, 0.15) is 0 Å². The van der Waals surface area contributed by atoms with Gasteiger partial charge in [0.25, 0.3) is 0 Å². The van der Waals surface area contributed by atoms with Gasteiger partial charge in [0, 0.05) is 11.1 Å². The predicted octanol–water partition coefficient (Wildman–Crippen LogP) is 1.92. The lowest BCUT2D eigenvalue weighted by Crippen LogP contribution is -2.12. The summed E-state index contributed by atoms with van der Waals surface area (Å²) in [6, 6.07) is 0. The van der Waals surface area contributed by atoms with Crippen LogP contribution in [-0.2, 0) is 19.4 Å². The maximum absolute atomic E-state index is 11.0. The first-order valence-electron chi connectivity index (χ1n) is 4.22. The van der Waals surface area contributed by atoms with Crippen molar-refractivity contribution in [2.45, 2.75) is 27.7 Å². The van der Waals surface area contributed by atoms with Gasteiger partial charge in [0.15, 0.2) is 0 Å². The Morgan fingerprint density at radius 3 is 1.36 bits per heavy atom. The summed E-state index contributed by atoms with van der Waals surface area (Å²) in [6.07, 6.45) is 3.14. The van der Waals surface area contributed by atoms with Gasteiger partial charge >= 0.3 is 11.9 Å². The highest BCUT2D eigenvalue weighted by molar-refractivity contribution is 5.90. The summed E-state index contributed by atoms with van der Waals surface area (Å²) in [4.78, 5) is 30.6. The van der Waals surface area contributed by atoms with E-state index in [4.69, 9.17) is 0 Å². The molecule has 0 aliphatic heterocycles. The summed E-state index contributed by atoms with van der Waals surface area (Å²) in [6.45, 7) is 6.52. The zero-order valence-electron chi connectivity index (χ0n) is 8.79. The van der Waals surface area contributed by atoms with Crippen LogP contribution in [0.15, 0.2) is 23.3 Å². The summed E-state index contributed by atoms with van der Waals surface area (Å²) in [5, 5.41) is 0. The van der Waals surface area contributed by atoms with Crippen molar-refractivity contribution in [3.63, 3.8) is 0 Å². The molecule has 0 fully saturated rings. The van der Waals surface area contributed by atoms with Crippen molar-refractivity contribution in [3.05, 3.63) is 23.3 Å². The Bertz CT molecular complexity index is 256. The van der Waals surface area contributed by atoms with Crippen molar-refractivity contribution in [2.75, 3.05) is 0 Å². The Hall–Kier alpha value is -1.58. The molecule has 0 aliphatic rings. The molecule has 4 heteroatoms. The molecule has 0 spiro atoms. The summed E-state index contributed by atoms with van der Waals surface area (Å²) < 4.78 is 0. The smallest absolute Gasteiger partial charge is 0.242 e.